The van der Waals surface area contributed by atoms with Crippen molar-refractivity contribution in [3.05, 3.63) is 71.7 Å². The van der Waals surface area contributed by atoms with Crippen LogP contribution in [0.2, 0.25) is 0 Å². The molecule has 1 heterocycles. The Bertz CT molecular complexity index is 903. The Kier molecular flexibility index (Phi) is 4.04. The predicted molar refractivity (Wildman–Crippen MR) is 96.6 cm³/mol. The minimum absolute atomic E-state index is 0.0295. The number of carbonyl (C=O) groups is 1. The quantitative estimate of drug-likeness (QED) is 0.714. The van der Waals surface area contributed by atoms with E-state index in [-0.39, 0.29) is 24.2 Å². The van der Waals surface area contributed by atoms with Crippen LogP contribution in [-0.2, 0) is 11.2 Å². The lowest BCUT2D eigenvalue weighted by molar-refractivity contribution is -0.121. The van der Waals surface area contributed by atoms with E-state index >= 15 is 0 Å². The smallest absolute Gasteiger partial charge is 0.224 e. The van der Waals surface area contributed by atoms with Gasteiger partial charge >= 0.3 is 0 Å². The van der Waals surface area contributed by atoms with E-state index in [2.05, 4.69) is 29.4 Å². The molecular weight excluding hydrogens is 315 g/mol. The lowest BCUT2D eigenvalue weighted by atomic mass is 10.0. The van der Waals surface area contributed by atoms with Crippen molar-refractivity contribution < 1.29 is 9.18 Å². The number of halogens is 1. The molecule has 0 spiro atoms. The number of benzene rings is 2. The summed E-state index contributed by atoms with van der Waals surface area (Å²) in [5.74, 6) is 0.806. The maximum absolute atomic E-state index is 13.5. The number of fused-ring (bicyclic) bond motifs is 1. The van der Waals surface area contributed by atoms with E-state index in [9.17, 15) is 9.18 Å². The molecule has 2 aromatic carbocycles. The number of aromatic amines is 1. The fourth-order valence-corrected chi connectivity index (χ4v) is 3.61. The Balaban J connectivity index is 1.52. The molecule has 3 aromatic rings. The summed E-state index contributed by atoms with van der Waals surface area (Å²) in [6, 6.07) is 14.8. The van der Waals surface area contributed by atoms with Crippen LogP contribution in [0.25, 0.3) is 10.9 Å². The van der Waals surface area contributed by atoms with Crippen LogP contribution in [0.15, 0.2) is 54.7 Å². The molecule has 1 saturated carbocycles. The maximum atomic E-state index is 13.5. The number of nitrogens with one attached hydrogen (secondary N) is 2. The SMILES string of the molecule is CC1CC1C(NC(=O)Cc1c[nH]c2ccc(F)cc12)c1ccccc1. The van der Waals surface area contributed by atoms with Gasteiger partial charge in [0, 0.05) is 17.1 Å². The average Bonchev–Trinajstić information content (AvgIpc) is 3.21. The van der Waals surface area contributed by atoms with Gasteiger partial charge in [-0.3, -0.25) is 4.79 Å². The van der Waals surface area contributed by atoms with Gasteiger partial charge in [-0.05, 0) is 47.6 Å². The summed E-state index contributed by atoms with van der Waals surface area (Å²) in [6.07, 6.45) is 3.17. The van der Waals surface area contributed by atoms with Gasteiger partial charge in [-0.25, -0.2) is 4.39 Å². The van der Waals surface area contributed by atoms with Crippen molar-refractivity contribution >= 4 is 16.8 Å². The highest BCUT2D eigenvalue weighted by molar-refractivity contribution is 5.89. The van der Waals surface area contributed by atoms with Crippen LogP contribution in [0, 0.1) is 17.7 Å². The fraction of sp³-hybridized carbons (Fsp3) is 0.286. The Morgan fingerprint density at radius 3 is 2.76 bits per heavy atom. The first-order chi connectivity index (χ1) is 12.1. The van der Waals surface area contributed by atoms with Crippen molar-refractivity contribution in [3.8, 4) is 0 Å². The minimum Gasteiger partial charge on any atom is -0.361 e. The molecular formula is C21H21FN2O. The van der Waals surface area contributed by atoms with Crippen molar-refractivity contribution in [1.82, 2.24) is 10.3 Å². The van der Waals surface area contributed by atoms with Crippen molar-refractivity contribution in [2.75, 3.05) is 0 Å². The molecule has 1 aliphatic carbocycles. The molecule has 4 rings (SSSR count). The van der Waals surface area contributed by atoms with Crippen molar-refractivity contribution in [2.24, 2.45) is 11.8 Å². The zero-order valence-corrected chi connectivity index (χ0v) is 14.1. The highest BCUT2D eigenvalue weighted by Gasteiger charge is 2.40. The monoisotopic (exact) mass is 336 g/mol. The number of H-pyrrole nitrogens is 1. The molecule has 1 aliphatic rings. The number of aromatic nitrogens is 1. The average molecular weight is 336 g/mol. The Morgan fingerprint density at radius 1 is 1.28 bits per heavy atom. The molecule has 25 heavy (non-hydrogen) atoms. The van der Waals surface area contributed by atoms with Gasteiger partial charge in [0.05, 0.1) is 12.5 Å². The Morgan fingerprint density at radius 2 is 2.04 bits per heavy atom. The highest BCUT2D eigenvalue weighted by Crippen LogP contribution is 2.46. The summed E-state index contributed by atoms with van der Waals surface area (Å²) < 4.78 is 13.5. The topological polar surface area (TPSA) is 44.9 Å². The van der Waals surface area contributed by atoms with Gasteiger partial charge in [-0.1, -0.05) is 37.3 Å². The van der Waals surface area contributed by atoms with Crippen molar-refractivity contribution in [1.29, 1.82) is 0 Å². The van der Waals surface area contributed by atoms with E-state index in [1.54, 1.807) is 12.3 Å². The Labute approximate surface area is 146 Å². The zero-order chi connectivity index (χ0) is 17.4. The van der Waals surface area contributed by atoms with Crippen LogP contribution in [-0.4, -0.2) is 10.9 Å². The summed E-state index contributed by atoms with van der Waals surface area (Å²) >= 11 is 0. The maximum Gasteiger partial charge on any atom is 0.224 e. The lowest BCUT2D eigenvalue weighted by Gasteiger charge is -2.19. The molecule has 1 fully saturated rings. The lowest BCUT2D eigenvalue weighted by Crippen LogP contribution is -2.31. The molecule has 0 aliphatic heterocycles. The number of hydrogen-bond donors (Lipinski definition) is 2. The molecule has 3 nitrogen and oxygen atoms in total. The number of amides is 1. The summed E-state index contributed by atoms with van der Waals surface area (Å²) in [5, 5.41) is 3.97. The normalized spacial score (nSPS) is 20.4. The standard InChI is InChI=1S/C21H21FN2O/c1-13-9-17(13)21(14-5-3-2-4-6-14)24-20(25)10-15-12-23-19-8-7-16(22)11-18(15)19/h2-8,11-13,17,21,23H,9-10H2,1H3,(H,24,25). The van der Waals surface area contributed by atoms with Crippen LogP contribution in [0.1, 0.15) is 30.5 Å². The van der Waals surface area contributed by atoms with E-state index in [0.717, 1.165) is 28.5 Å². The molecule has 1 amide bonds. The van der Waals surface area contributed by atoms with Gasteiger partial charge in [0.2, 0.25) is 5.91 Å². The van der Waals surface area contributed by atoms with E-state index in [0.29, 0.717) is 11.8 Å². The van der Waals surface area contributed by atoms with Crippen LogP contribution < -0.4 is 5.32 Å². The van der Waals surface area contributed by atoms with Crippen LogP contribution in [0.4, 0.5) is 4.39 Å². The second-order valence-electron chi connectivity index (χ2n) is 7.01. The van der Waals surface area contributed by atoms with Gasteiger partial charge in [0.15, 0.2) is 0 Å². The summed E-state index contributed by atoms with van der Waals surface area (Å²) in [7, 11) is 0. The van der Waals surface area contributed by atoms with E-state index in [4.69, 9.17) is 0 Å². The summed E-state index contributed by atoms with van der Waals surface area (Å²) in [6.45, 7) is 2.22. The molecule has 3 atom stereocenters. The van der Waals surface area contributed by atoms with Gasteiger partial charge < -0.3 is 10.3 Å². The third kappa shape index (κ3) is 3.29. The third-order valence-electron chi connectivity index (χ3n) is 5.16. The van der Waals surface area contributed by atoms with Gasteiger partial charge in [0.25, 0.3) is 0 Å². The van der Waals surface area contributed by atoms with Crippen molar-refractivity contribution in [3.63, 3.8) is 0 Å². The number of carbonyl (C=O) groups excluding carboxylic acids is 1. The summed E-state index contributed by atoms with van der Waals surface area (Å²) in [4.78, 5) is 15.7. The Hall–Kier alpha value is -2.62. The van der Waals surface area contributed by atoms with Gasteiger partial charge in [-0.2, -0.15) is 0 Å². The first-order valence-corrected chi connectivity index (χ1v) is 8.71. The second kappa shape index (κ2) is 6.36. The second-order valence-corrected chi connectivity index (χ2v) is 7.01. The van der Waals surface area contributed by atoms with Gasteiger partial charge in [0.1, 0.15) is 5.82 Å². The number of hydrogen-bond acceptors (Lipinski definition) is 1. The largest absolute Gasteiger partial charge is 0.361 e. The molecule has 3 unspecified atom stereocenters. The molecule has 128 valence electrons. The van der Waals surface area contributed by atoms with E-state index in [1.807, 2.05) is 18.2 Å². The van der Waals surface area contributed by atoms with Crippen LogP contribution in [0.3, 0.4) is 0 Å². The first-order valence-electron chi connectivity index (χ1n) is 8.71. The zero-order valence-electron chi connectivity index (χ0n) is 14.1. The fourth-order valence-electron chi connectivity index (χ4n) is 3.61. The molecule has 2 N–H and O–H groups in total. The minimum atomic E-state index is -0.289. The van der Waals surface area contributed by atoms with Crippen LogP contribution >= 0.6 is 0 Å². The molecule has 1 aromatic heterocycles. The highest BCUT2D eigenvalue weighted by atomic mass is 19.1. The first kappa shape index (κ1) is 15.9. The molecule has 4 heteroatoms. The van der Waals surface area contributed by atoms with E-state index in [1.165, 1.54) is 12.1 Å². The van der Waals surface area contributed by atoms with E-state index < -0.39 is 0 Å². The van der Waals surface area contributed by atoms with Crippen molar-refractivity contribution in [2.45, 2.75) is 25.8 Å². The number of rotatable bonds is 5. The summed E-state index contributed by atoms with van der Waals surface area (Å²) in [5.41, 5.74) is 2.82. The predicted octanol–water partition coefficient (Wildman–Crippen LogP) is 4.36. The molecule has 0 bridgehead atoms. The molecule has 0 saturated heterocycles. The third-order valence-corrected chi connectivity index (χ3v) is 5.16. The van der Waals surface area contributed by atoms with Gasteiger partial charge in [-0.15, -0.1) is 0 Å². The molecule has 0 radical (unpaired) electrons. The van der Waals surface area contributed by atoms with Crippen LogP contribution in [0.5, 0.6) is 0 Å².